The summed E-state index contributed by atoms with van der Waals surface area (Å²) in [6, 6.07) is 8.85. The zero-order valence-corrected chi connectivity index (χ0v) is 10.6. The molecule has 1 heterocycles. The molecule has 1 aromatic carbocycles. The van der Waals surface area contributed by atoms with Gasteiger partial charge in [-0.2, -0.15) is 5.10 Å². The molecular weight excluding hydrogens is 210 g/mol. The third kappa shape index (κ3) is 2.56. The van der Waals surface area contributed by atoms with E-state index in [-0.39, 0.29) is 0 Å². The summed E-state index contributed by atoms with van der Waals surface area (Å²) in [5, 5.41) is 7.69. The number of nitrogens with one attached hydrogen (secondary N) is 1. The molecule has 3 nitrogen and oxygen atoms in total. The van der Waals surface area contributed by atoms with Crippen molar-refractivity contribution in [3.63, 3.8) is 0 Å². The van der Waals surface area contributed by atoms with E-state index in [4.69, 9.17) is 0 Å². The first-order valence-electron chi connectivity index (χ1n) is 6.03. The van der Waals surface area contributed by atoms with E-state index in [1.165, 1.54) is 16.7 Å². The van der Waals surface area contributed by atoms with Crippen LogP contribution in [-0.4, -0.2) is 16.3 Å². The maximum absolute atomic E-state index is 4.24. The van der Waals surface area contributed by atoms with Gasteiger partial charge < -0.3 is 5.32 Å². The Balaban J connectivity index is 2.40. The molecule has 0 saturated carbocycles. The summed E-state index contributed by atoms with van der Waals surface area (Å²) >= 11 is 0. The Morgan fingerprint density at radius 2 is 2.12 bits per heavy atom. The highest BCUT2D eigenvalue weighted by Crippen LogP contribution is 2.27. The Labute approximate surface area is 102 Å². The zero-order chi connectivity index (χ0) is 12.3. The van der Waals surface area contributed by atoms with Crippen LogP contribution in [0.5, 0.6) is 0 Å². The van der Waals surface area contributed by atoms with Crippen LogP contribution in [0.4, 0.5) is 0 Å². The molecule has 0 bridgehead atoms. The van der Waals surface area contributed by atoms with Gasteiger partial charge in [0.25, 0.3) is 0 Å². The summed E-state index contributed by atoms with van der Waals surface area (Å²) in [6.45, 7) is 5.30. The highest BCUT2D eigenvalue weighted by Gasteiger charge is 2.11. The number of hydrogen-bond acceptors (Lipinski definition) is 2. The molecule has 1 aromatic heterocycles. The Kier molecular flexibility index (Phi) is 3.59. The predicted molar refractivity (Wildman–Crippen MR) is 70.7 cm³/mol. The quantitative estimate of drug-likeness (QED) is 0.873. The molecule has 1 unspecified atom stereocenters. The second kappa shape index (κ2) is 5.15. The molecular formula is C14H19N3. The molecule has 2 rings (SSSR count). The van der Waals surface area contributed by atoms with Crippen LogP contribution in [0.3, 0.4) is 0 Å². The van der Waals surface area contributed by atoms with E-state index in [0.29, 0.717) is 6.04 Å². The molecule has 2 aromatic rings. The zero-order valence-electron chi connectivity index (χ0n) is 10.6. The standard InChI is InChI=1S/C14H19N3/c1-4-15-11(2)13-7-5-6-8-14(13)12-9-16-17(3)10-12/h5-11,15H,4H2,1-3H3. The minimum atomic E-state index is 0.358. The summed E-state index contributed by atoms with van der Waals surface area (Å²) < 4.78 is 1.84. The van der Waals surface area contributed by atoms with Gasteiger partial charge in [-0.15, -0.1) is 0 Å². The second-order valence-corrected chi connectivity index (χ2v) is 4.27. The summed E-state index contributed by atoms with van der Waals surface area (Å²) in [6.07, 6.45) is 3.97. The number of benzene rings is 1. The monoisotopic (exact) mass is 229 g/mol. The number of hydrogen-bond donors (Lipinski definition) is 1. The summed E-state index contributed by atoms with van der Waals surface area (Å²) in [4.78, 5) is 0. The van der Waals surface area contributed by atoms with Crippen LogP contribution in [0.15, 0.2) is 36.7 Å². The fourth-order valence-corrected chi connectivity index (χ4v) is 2.11. The van der Waals surface area contributed by atoms with Gasteiger partial charge in [0.05, 0.1) is 6.20 Å². The van der Waals surface area contributed by atoms with Gasteiger partial charge in [0.1, 0.15) is 0 Å². The number of rotatable bonds is 4. The van der Waals surface area contributed by atoms with Crippen LogP contribution >= 0.6 is 0 Å². The van der Waals surface area contributed by atoms with E-state index < -0.39 is 0 Å². The van der Waals surface area contributed by atoms with Crippen molar-refractivity contribution in [2.24, 2.45) is 7.05 Å². The smallest absolute Gasteiger partial charge is 0.0568 e. The fraction of sp³-hybridized carbons (Fsp3) is 0.357. The van der Waals surface area contributed by atoms with E-state index in [2.05, 4.69) is 54.7 Å². The Morgan fingerprint density at radius 3 is 2.76 bits per heavy atom. The lowest BCUT2D eigenvalue weighted by atomic mass is 9.97. The molecule has 17 heavy (non-hydrogen) atoms. The third-order valence-electron chi connectivity index (χ3n) is 2.95. The molecule has 90 valence electrons. The van der Waals surface area contributed by atoms with Crippen LogP contribution in [0.25, 0.3) is 11.1 Å². The van der Waals surface area contributed by atoms with Crippen LogP contribution in [0, 0.1) is 0 Å². The number of aryl methyl sites for hydroxylation is 1. The number of nitrogens with zero attached hydrogens (tertiary/aromatic N) is 2. The van der Waals surface area contributed by atoms with E-state index in [1.54, 1.807) is 0 Å². The first-order valence-corrected chi connectivity index (χ1v) is 6.03. The predicted octanol–water partition coefficient (Wildman–Crippen LogP) is 2.76. The third-order valence-corrected chi connectivity index (χ3v) is 2.95. The van der Waals surface area contributed by atoms with Gasteiger partial charge in [0, 0.05) is 24.8 Å². The van der Waals surface area contributed by atoms with Gasteiger partial charge in [-0.25, -0.2) is 0 Å². The molecule has 0 aliphatic carbocycles. The average Bonchev–Trinajstić information content (AvgIpc) is 2.76. The van der Waals surface area contributed by atoms with Crippen molar-refractivity contribution in [2.45, 2.75) is 19.9 Å². The Morgan fingerprint density at radius 1 is 1.35 bits per heavy atom. The first-order chi connectivity index (χ1) is 8.22. The molecule has 0 radical (unpaired) electrons. The molecule has 0 amide bonds. The van der Waals surface area contributed by atoms with Gasteiger partial charge in [0.15, 0.2) is 0 Å². The van der Waals surface area contributed by atoms with Crippen LogP contribution < -0.4 is 5.32 Å². The van der Waals surface area contributed by atoms with Crippen molar-refractivity contribution in [3.8, 4) is 11.1 Å². The van der Waals surface area contributed by atoms with Crippen molar-refractivity contribution in [2.75, 3.05) is 6.54 Å². The molecule has 0 spiro atoms. The molecule has 1 atom stereocenters. The minimum Gasteiger partial charge on any atom is -0.310 e. The van der Waals surface area contributed by atoms with Gasteiger partial charge in [-0.3, -0.25) is 4.68 Å². The highest BCUT2D eigenvalue weighted by atomic mass is 15.2. The highest BCUT2D eigenvalue weighted by molar-refractivity contribution is 5.66. The molecule has 3 heteroatoms. The first kappa shape index (κ1) is 11.9. The second-order valence-electron chi connectivity index (χ2n) is 4.27. The van der Waals surface area contributed by atoms with Crippen molar-refractivity contribution in [3.05, 3.63) is 42.2 Å². The van der Waals surface area contributed by atoms with Crippen molar-refractivity contribution in [1.82, 2.24) is 15.1 Å². The largest absolute Gasteiger partial charge is 0.310 e. The van der Waals surface area contributed by atoms with Gasteiger partial charge in [0.2, 0.25) is 0 Å². The lowest BCUT2D eigenvalue weighted by Gasteiger charge is -2.16. The SMILES string of the molecule is CCNC(C)c1ccccc1-c1cnn(C)c1. The van der Waals surface area contributed by atoms with Gasteiger partial charge in [-0.1, -0.05) is 31.2 Å². The van der Waals surface area contributed by atoms with Gasteiger partial charge in [-0.05, 0) is 24.6 Å². The van der Waals surface area contributed by atoms with Crippen molar-refractivity contribution in [1.29, 1.82) is 0 Å². The number of aromatic nitrogens is 2. The van der Waals surface area contributed by atoms with Crippen LogP contribution in [0.2, 0.25) is 0 Å². The van der Waals surface area contributed by atoms with E-state index in [0.717, 1.165) is 6.54 Å². The molecule has 0 fully saturated rings. The average molecular weight is 229 g/mol. The maximum atomic E-state index is 4.24. The van der Waals surface area contributed by atoms with Crippen molar-refractivity contribution < 1.29 is 0 Å². The summed E-state index contributed by atoms with van der Waals surface area (Å²) in [5.74, 6) is 0. The molecule has 1 N–H and O–H groups in total. The Bertz CT molecular complexity index is 488. The normalized spacial score (nSPS) is 12.6. The molecule has 0 aliphatic rings. The van der Waals surface area contributed by atoms with Crippen molar-refractivity contribution >= 4 is 0 Å². The van der Waals surface area contributed by atoms with Gasteiger partial charge >= 0.3 is 0 Å². The molecule has 0 aliphatic heterocycles. The summed E-state index contributed by atoms with van der Waals surface area (Å²) in [5.41, 5.74) is 3.75. The maximum Gasteiger partial charge on any atom is 0.0568 e. The Hall–Kier alpha value is -1.61. The minimum absolute atomic E-state index is 0.358. The lowest BCUT2D eigenvalue weighted by molar-refractivity contribution is 0.599. The lowest BCUT2D eigenvalue weighted by Crippen LogP contribution is -2.18. The van der Waals surface area contributed by atoms with E-state index in [1.807, 2.05) is 17.9 Å². The van der Waals surface area contributed by atoms with E-state index in [9.17, 15) is 0 Å². The van der Waals surface area contributed by atoms with E-state index >= 15 is 0 Å². The topological polar surface area (TPSA) is 29.9 Å². The fourth-order valence-electron chi connectivity index (χ4n) is 2.11. The van der Waals surface area contributed by atoms with Crippen LogP contribution in [0.1, 0.15) is 25.5 Å². The molecule has 0 saturated heterocycles. The summed E-state index contributed by atoms with van der Waals surface area (Å²) in [7, 11) is 1.94. The van der Waals surface area contributed by atoms with Crippen LogP contribution in [-0.2, 0) is 7.05 Å².